The number of carbonyl (C=O) groups excluding carboxylic acids is 1. The van der Waals surface area contributed by atoms with Gasteiger partial charge in [0.25, 0.3) is 0 Å². The molecule has 3 rings (SSSR count). The van der Waals surface area contributed by atoms with E-state index in [1.165, 1.54) is 0 Å². The molecule has 1 fully saturated rings. The Morgan fingerprint density at radius 2 is 2.11 bits per heavy atom. The van der Waals surface area contributed by atoms with E-state index >= 15 is 0 Å². The SMILES string of the molecule is O=C(CC1CCNCC1)Nc1ccc2[nH]ccc2c1. The van der Waals surface area contributed by atoms with Crippen molar-refractivity contribution in [3.05, 3.63) is 30.5 Å². The molecule has 0 radical (unpaired) electrons. The highest BCUT2D eigenvalue weighted by atomic mass is 16.1. The van der Waals surface area contributed by atoms with Crippen LogP contribution in [0.2, 0.25) is 0 Å². The van der Waals surface area contributed by atoms with Crippen LogP contribution >= 0.6 is 0 Å². The average molecular weight is 257 g/mol. The molecule has 0 aliphatic carbocycles. The molecule has 0 bridgehead atoms. The molecule has 0 saturated carbocycles. The summed E-state index contributed by atoms with van der Waals surface area (Å²) in [6.07, 6.45) is 4.74. The number of fused-ring (bicyclic) bond motifs is 1. The van der Waals surface area contributed by atoms with Gasteiger partial charge in [0.15, 0.2) is 0 Å². The summed E-state index contributed by atoms with van der Waals surface area (Å²) in [4.78, 5) is 15.2. The Balaban J connectivity index is 1.61. The van der Waals surface area contributed by atoms with Crippen molar-refractivity contribution in [2.75, 3.05) is 18.4 Å². The number of H-pyrrole nitrogens is 1. The second-order valence-electron chi connectivity index (χ2n) is 5.23. The second-order valence-corrected chi connectivity index (χ2v) is 5.23. The van der Waals surface area contributed by atoms with Gasteiger partial charge in [-0.25, -0.2) is 0 Å². The van der Waals surface area contributed by atoms with Gasteiger partial charge in [0, 0.05) is 29.2 Å². The highest BCUT2D eigenvalue weighted by Gasteiger charge is 2.16. The summed E-state index contributed by atoms with van der Waals surface area (Å²) in [5.41, 5.74) is 1.97. The smallest absolute Gasteiger partial charge is 0.224 e. The Morgan fingerprint density at radius 1 is 1.26 bits per heavy atom. The molecule has 1 amide bonds. The van der Waals surface area contributed by atoms with Crippen molar-refractivity contribution in [2.24, 2.45) is 5.92 Å². The van der Waals surface area contributed by atoms with Gasteiger partial charge in [-0.2, -0.15) is 0 Å². The van der Waals surface area contributed by atoms with Gasteiger partial charge in [-0.3, -0.25) is 4.79 Å². The lowest BCUT2D eigenvalue weighted by atomic mass is 9.94. The van der Waals surface area contributed by atoms with Crippen molar-refractivity contribution >= 4 is 22.5 Å². The molecule has 0 unspecified atom stereocenters. The first-order valence-electron chi connectivity index (χ1n) is 6.89. The number of rotatable bonds is 3. The van der Waals surface area contributed by atoms with Crippen LogP contribution in [0.3, 0.4) is 0 Å². The van der Waals surface area contributed by atoms with Gasteiger partial charge in [-0.1, -0.05) is 0 Å². The minimum absolute atomic E-state index is 0.127. The van der Waals surface area contributed by atoms with E-state index in [-0.39, 0.29) is 5.91 Å². The molecule has 0 atom stereocenters. The lowest BCUT2D eigenvalue weighted by molar-refractivity contribution is -0.117. The molecule has 4 heteroatoms. The van der Waals surface area contributed by atoms with E-state index in [4.69, 9.17) is 0 Å². The summed E-state index contributed by atoms with van der Waals surface area (Å²) in [6.45, 7) is 2.07. The number of amides is 1. The largest absolute Gasteiger partial charge is 0.361 e. The maximum Gasteiger partial charge on any atom is 0.224 e. The quantitative estimate of drug-likeness (QED) is 0.791. The normalized spacial score (nSPS) is 16.6. The van der Waals surface area contributed by atoms with Crippen molar-refractivity contribution in [3.8, 4) is 0 Å². The number of nitrogens with one attached hydrogen (secondary N) is 3. The predicted octanol–water partition coefficient (Wildman–Crippen LogP) is 2.50. The third-order valence-electron chi connectivity index (χ3n) is 3.77. The molecular weight excluding hydrogens is 238 g/mol. The van der Waals surface area contributed by atoms with Crippen LogP contribution in [-0.2, 0) is 4.79 Å². The van der Waals surface area contributed by atoms with Crippen LogP contribution in [0.5, 0.6) is 0 Å². The summed E-state index contributed by atoms with van der Waals surface area (Å²) < 4.78 is 0. The van der Waals surface area contributed by atoms with E-state index in [9.17, 15) is 4.79 Å². The minimum atomic E-state index is 0.127. The van der Waals surface area contributed by atoms with Crippen molar-refractivity contribution in [1.82, 2.24) is 10.3 Å². The molecule has 19 heavy (non-hydrogen) atoms. The first-order valence-corrected chi connectivity index (χ1v) is 6.89. The number of hydrogen-bond acceptors (Lipinski definition) is 2. The predicted molar refractivity (Wildman–Crippen MR) is 77.1 cm³/mol. The lowest BCUT2D eigenvalue weighted by Crippen LogP contribution is -2.30. The Kier molecular flexibility index (Phi) is 3.51. The molecule has 3 N–H and O–H groups in total. The van der Waals surface area contributed by atoms with Gasteiger partial charge in [0.05, 0.1) is 0 Å². The molecule has 4 nitrogen and oxygen atoms in total. The molecule has 1 aromatic carbocycles. The summed E-state index contributed by atoms with van der Waals surface area (Å²) in [5.74, 6) is 0.652. The third-order valence-corrected chi connectivity index (χ3v) is 3.77. The van der Waals surface area contributed by atoms with Gasteiger partial charge < -0.3 is 15.6 Å². The molecule has 1 saturated heterocycles. The number of anilines is 1. The van der Waals surface area contributed by atoms with Gasteiger partial charge in [0.1, 0.15) is 0 Å². The van der Waals surface area contributed by atoms with Crippen molar-refractivity contribution in [2.45, 2.75) is 19.3 Å². The molecule has 2 heterocycles. The van der Waals surface area contributed by atoms with Crippen LogP contribution in [0, 0.1) is 5.92 Å². The van der Waals surface area contributed by atoms with Gasteiger partial charge in [-0.15, -0.1) is 0 Å². The van der Waals surface area contributed by atoms with Gasteiger partial charge >= 0.3 is 0 Å². The van der Waals surface area contributed by atoms with E-state index in [1.54, 1.807) is 0 Å². The highest BCUT2D eigenvalue weighted by molar-refractivity contribution is 5.93. The molecule has 1 aliphatic heterocycles. The Bertz CT molecular complexity index is 570. The zero-order valence-corrected chi connectivity index (χ0v) is 10.9. The first-order chi connectivity index (χ1) is 9.31. The van der Waals surface area contributed by atoms with Crippen LogP contribution < -0.4 is 10.6 Å². The standard InChI is InChI=1S/C15H19N3O/c19-15(9-11-3-6-16-7-4-11)18-13-1-2-14-12(10-13)5-8-17-14/h1-2,5,8,10-11,16-17H,3-4,6-7,9H2,(H,18,19). The van der Waals surface area contributed by atoms with Crippen molar-refractivity contribution in [1.29, 1.82) is 0 Å². The topological polar surface area (TPSA) is 56.9 Å². The van der Waals surface area contributed by atoms with E-state index in [2.05, 4.69) is 15.6 Å². The number of aromatic amines is 1. The van der Waals surface area contributed by atoms with Crippen molar-refractivity contribution < 1.29 is 4.79 Å². The van der Waals surface area contributed by atoms with E-state index in [0.29, 0.717) is 12.3 Å². The maximum absolute atomic E-state index is 12.0. The van der Waals surface area contributed by atoms with Crippen LogP contribution in [0.25, 0.3) is 10.9 Å². The molecule has 100 valence electrons. The second kappa shape index (κ2) is 5.45. The van der Waals surface area contributed by atoms with E-state index in [1.807, 2.05) is 30.5 Å². The summed E-state index contributed by atoms with van der Waals surface area (Å²) in [5, 5.41) is 7.44. The number of hydrogen-bond donors (Lipinski definition) is 3. The minimum Gasteiger partial charge on any atom is -0.361 e. The van der Waals surface area contributed by atoms with Gasteiger partial charge in [0.2, 0.25) is 5.91 Å². The monoisotopic (exact) mass is 257 g/mol. The van der Waals surface area contributed by atoms with Crippen LogP contribution in [0.1, 0.15) is 19.3 Å². The molecule has 0 spiro atoms. The zero-order chi connectivity index (χ0) is 13.1. The van der Waals surface area contributed by atoms with Crippen LogP contribution in [0.15, 0.2) is 30.5 Å². The number of aromatic nitrogens is 1. The molecule has 1 aromatic heterocycles. The fourth-order valence-electron chi connectivity index (χ4n) is 2.69. The molecule has 1 aliphatic rings. The summed E-state index contributed by atoms with van der Waals surface area (Å²) in [6, 6.07) is 7.96. The van der Waals surface area contributed by atoms with E-state index < -0.39 is 0 Å². The number of piperidine rings is 1. The number of carbonyl (C=O) groups is 1. The Labute approximate surface area is 112 Å². The van der Waals surface area contributed by atoms with Gasteiger partial charge in [-0.05, 0) is 56.1 Å². The zero-order valence-electron chi connectivity index (χ0n) is 10.9. The first kappa shape index (κ1) is 12.2. The summed E-state index contributed by atoms with van der Waals surface area (Å²) in [7, 11) is 0. The fourth-order valence-corrected chi connectivity index (χ4v) is 2.69. The maximum atomic E-state index is 12.0. The highest BCUT2D eigenvalue weighted by Crippen LogP contribution is 2.20. The summed E-state index contributed by atoms with van der Waals surface area (Å²) >= 11 is 0. The lowest BCUT2D eigenvalue weighted by Gasteiger charge is -2.21. The van der Waals surface area contributed by atoms with Crippen molar-refractivity contribution in [3.63, 3.8) is 0 Å². The van der Waals surface area contributed by atoms with Crippen LogP contribution in [-0.4, -0.2) is 24.0 Å². The molecular formula is C15H19N3O. The Hall–Kier alpha value is -1.81. The van der Waals surface area contributed by atoms with Crippen LogP contribution in [0.4, 0.5) is 5.69 Å². The third kappa shape index (κ3) is 2.96. The fraction of sp³-hybridized carbons (Fsp3) is 0.400. The molecule has 2 aromatic rings. The number of benzene rings is 1. The van der Waals surface area contributed by atoms with E-state index in [0.717, 1.165) is 42.5 Å². The average Bonchev–Trinajstić information content (AvgIpc) is 2.87. The Morgan fingerprint density at radius 3 is 2.95 bits per heavy atom.